The molecule has 1 aromatic carbocycles. The van der Waals surface area contributed by atoms with E-state index in [1.165, 1.54) is 12.1 Å². The van der Waals surface area contributed by atoms with Crippen LogP contribution >= 0.6 is 15.9 Å². The number of benzene rings is 1. The van der Waals surface area contributed by atoms with Gasteiger partial charge < -0.3 is 9.47 Å². The van der Waals surface area contributed by atoms with Gasteiger partial charge in [-0.05, 0) is 28.1 Å². The lowest BCUT2D eigenvalue weighted by Gasteiger charge is -2.11. The van der Waals surface area contributed by atoms with Crippen LogP contribution in [0.5, 0.6) is 11.5 Å². The van der Waals surface area contributed by atoms with Gasteiger partial charge in [-0.25, -0.2) is 0 Å². The molecule has 0 amide bonds. The minimum atomic E-state index is -4.72. The van der Waals surface area contributed by atoms with Crippen molar-refractivity contribution in [3.05, 3.63) is 22.7 Å². The summed E-state index contributed by atoms with van der Waals surface area (Å²) in [7, 11) is 0. The molecule has 0 aromatic heterocycles. The van der Waals surface area contributed by atoms with Crippen molar-refractivity contribution >= 4 is 15.9 Å². The lowest BCUT2D eigenvalue weighted by molar-refractivity contribution is -0.274. The fourth-order valence-corrected chi connectivity index (χ4v) is 1.27. The molecule has 16 heavy (non-hydrogen) atoms. The van der Waals surface area contributed by atoms with Gasteiger partial charge in [-0.15, -0.1) is 19.6 Å². The van der Waals surface area contributed by atoms with Crippen LogP contribution in [0, 0.1) is 12.3 Å². The normalized spacial score (nSPS) is 10.7. The average molecular weight is 295 g/mol. The Morgan fingerprint density at radius 3 is 2.62 bits per heavy atom. The van der Waals surface area contributed by atoms with Gasteiger partial charge in [0.1, 0.15) is 18.1 Å². The first kappa shape index (κ1) is 12.7. The smallest absolute Gasteiger partial charge is 0.480 e. The van der Waals surface area contributed by atoms with Crippen LogP contribution in [0.1, 0.15) is 0 Å². The third-order valence-electron chi connectivity index (χ3n) is 1.45. The van der Waals surface area contributed by atoms with Gasteiger partial charge in [0, 0.05) is 6.07 Å². The van der Waals surface area contributed by atoms with Crippen LogP contribution in [0.2, 0.25) is 0 Å². The van der Waals surface area contributed by atoms with E-state index in [0.717, 1.165) is 6.07 Å². The summed E-state index contributed by atoms with van der Waals surface area (Å²) in [6, 6.07) is 3.65. The quantitative estimate of drug-likeness (QED) is 0.796. The second-order valence-electron chi connectivity index (χ2n) is 2.63. The van der Waals surface area contributed by atoms with Crippen LogP contribution in [0.3, 0.4) is 0 Å². The van der Waals surface area contributed by atoms with Gasteiger partial charge in [0.25, 0.3) is 0 Å². The van der Waals surface area contributed by atoms with Crippen molar-refractivity contribution in [2.45, 2.75) is 6.36 Å². The SMILES string of the molecule is C#CCOc1cc(OC(F)(F)F)ccc1Br. The Kier molecular flexibility index (Phi) is 4.07. The highest BCUT2D eigenvalue weighted by Gasteiger charge is 2.31. The number of rotatable bonds is 3. The maximum Gasteiger partial charge on any atom is 0.573 e. The largest absolute Gasteiger partial charge is 0.573 e. The van der Waals surface area contributed by atoms with Gasteiger partial charge >= 0.3 is 6.36 Å². The predicted molar refractivity (Wildman–Crippen MR) is 55.2 cm³/mol. The van der Waals surface area contributed by atoms with E-state index >= 15 is 0 Å². The third kappa shape index (κ3) is 4.03. The van der Waals surface area contributed by atoms with Crippen molar-refractivity contribution in [3.8, 4) is 23.8 Å². The highest BCUT2D eigenvalue weighted by Crippen LogP contribution is 2.32. The molecule has 0 radical (unpaired) electrons. The molecule has 6 heteroatoms. The zero-order chi connectivity index (χ0) is 12.2. The van der Waals surface area contributed by atoms with Gasteiger partial charge in [0.15, 0.2) is 0 Å². The van der Waals surface area contributed by atoms with Crippen LogP contribution < -0.4 is 9.47 Å². The molecule has 0 N–H and O–H groups in total. The monoisotopic (exact) mass is 294 g/mol. The number of terminal acetylenes is 1. The summed E-state index contributed by atoms with van der Waals surface area (Å²) >= 11 is 3.11. The molecule has 0 unspecified atom stereocenters. The molecule has 0 heterocycles. The molecular formula is C10H6BrF3O2. The molecule has 1 aromatic rings. The van der Waals surface area contributed by atoms with Gasteiger partial charge in [-0.3, -0.25) is 0 Å². The zero-order valence-corrected chi connectivity index (χ0v) is 9.43. The number of ether oxygens (including phenoxy) is 2. The summed E-state index contributed by atoms with van der Waals surface area (Å²) in [5, 5.41) is 0. The van der Waals surface area contributed by atoms with Gasteiger partial charge in [0.05, 0.1) is 4.47 Å². The van der Waals surface area contributed by atoms with E-state index in [9.17, 15) is 13.2 Å². The first-order chi connectivity index (χ1) is 7.42. The Hall–Kier alpha value is -1.35. The average Bonchev–Trinajstić information content (AvgIpc) is 2.17. The Balaban J connectivity index is 2.86. The second kappa shape index (κ2) is 5.12. The Labute approximate surface area is 98.5 Å². The van der Waals surface area contributed by atoms with Crippen molar-refractivity contribution in [1.82, 2.24) is 0 Å². The van der Waals surface area contributed by atoms with E-state index in [2.05, 4.69) is 26.6 Å². The molecular weight excluding hydrogens is 289 g/mol. The van der Waals surface area contributed by atoms with E-state index in [1.807, 2.05) is 0 Å². The van der Waals surface area contributed by atoms with Gasteiger partial charge in [-0.1, -0.05) is 5.92 Å². The van der Waals surface area contributed by atoms with Crippen molar-refractivity contribution in [1.29, 1.82) is 0 Å². The molecule has 0 aliphatic heterocycles. The number of hydrogen-bond acceptors (Lipinski definition) is 2. The first-order valence-electron chi connectivity index (χ1n) is 4.04. The fraction of sp³-hybridized carbons (Fsp3) is 0.200. The summed E-state index contributed by atoms with van der Waals surface area (Å²) < 4.78 is 45.0. The molecule has 0 saturated heterocycles. The standard InChI is InChI=1S/C10H6BrF3O2/c1-2-5-15-9-6-7(3-4-8(9)11)16-10(12,13)14/h1,3-4,6H,5H2. The minimum Gasteiger partial charge on any atom is -0.480 e. The molecule has 0 fully saturated rings. The Morgan fingerprint density at radius 1 is 1.38 bits per heavy atom. The van der Waals surface area contributed by atoms with Crippen molar-refractivity contribution in [2.24, 2.45) is 0 Å². The maximum atomic E-state index is 11.9. The summed E-state index contributed by atoms with van der Waals surface area (Å²) in [5.41, 5.74) is 0. The van der Waals surface area contributed by atoms with E-state index in [-0.39, 0.29) is 18.1 Å². The van der Waals surface area contributed by atoms with Crippen LogP contribution in [-0.4, -0.2) is 13.0 Å². The summed E-state index contributed by atoms with van der Waals surface area (Å²) in [5.74, 6) is 2.04. The number of hydrogen-bond donors (Lipinski definition) is 0. The van der Waals surface area contributed by atoms with E-state index in [0.29, 0.717) is 4.47 Å². The summed E-state index contributed by atoms with van der Waals surface area (Å²) in [6.45, 7) is -0.0337. The highest BCUT2D eigenvalue weighted by atomic mass is 79.9. The molecule has 0 saturated carbocycles. The molecule has 1 rings (SSSR count). The Bertz CT molecular complexity index is 410. The van der Waals surface area contributed by atoms with Crippen LogP contribution in [0.4, 0.5) is 13.2 Å². The minimum absolute atomic E-state index is 0.0337. The lowest BCUT2D eigenvalue weighted by atomic mass is 10.3. The molecule has 2 nitrogen and oxygen atoms in total. The lowest BCUT2D eigenvalue weighted by Crippen LogP contribution is -2.17. The molecule has 0 spiro atoms. The number of alkyl halides is 3. The first-order valence-corrected chi connectivity index (χ1v) is 4.83. The second-order valence-corrected chi connectivity index (χ2v) is 3.49. The van der Waals surface area contributed by atoms with Crippen LogP contribution in [-0.2, 0) is 0 Å². The summed E-state index contributed by atoms with van der Waals surface area (Å²) in [4.78, 5) is 0. The van der Waals surface area contributed by atoms with E-state index in [1.54, 1.807) is 0 Å². The van der Waals surface area contributed by atoms with Crippen molar-refractivity contribution in [2.75, 3.05) is 6.61 Å². The van der Waals surface area contributed by atoms with Crippen LogP contribution in [0.15, 0.2) is 22.7 Å². The molecule has 0 bridgehead atoms. The van der Waals surface area contributed by atoms with Gasteiger partial charge in [0.2, 0.25) is 0 Å². The van der Waals surface area contributed by atoms with E-state index in [4.69, 9.17) is 11.2 Å². The third-order valence-corrected chi connectivity index (χ3v) is 2.10. The molecule has 0 atom stereocenters. The molecule has 0 aliphatic carbocycles. The highest BCUT2D eigenvalue weighted by molar-refractivity contribution is 9.10. The summed E-state index contributed by atoms with van der Waals surface area (Å²) in [6.07, 6.45) is 0.240. The van der Waals surface area contributed by atoms with E-state index < -0.39 is 6.36 Å². The van der Waals surface area contributed by atoms with Crippen LogP contribution in [0.25, 0.3) is 0 Å². The van der Waals surface area contributed by atoms with Crippen molar-refractivity contribution in [3.63, 3.8) is 0 Å². The predicted octanol–water partition coefficient (Wildman–Crippen LogP) is 3.36. The van der Waals surface area contributed by atoms with Crippen molar-refractivity contribution < 1.29 is 22.6 Å². The zero-order valence-electron chi connectivity index (χ0n) is 7.84. The molecule has 86 valence electrons. The Morgan fingerprint density at radius 2 is 2.06 bits per heavy atom. The van der Waals surface area contributed by atoms with Gasteiger partial charge in [-0.2, -0.15) is 0 Å². The topological polar surface area (TPSA) is 18.5 Å². The maximum absolute atomic E-state index is 11.9. The number of halogens is 4. The molecule has 0 aliphatic rings. The fourth-order valence-electron chi connectivity index (χ4n) is 0.911.